The summed E-state index contributed by atoms with van der Waals surface area (Å²) in [5, 5.41) is 11.0. The van der Waals surface area contributed by atoms with Crippen molar-refractivity contribution in [2.24, 2.45) is 5.92 Å². The lowest BCUT2D eigenvalue weighted by Crippen LogP contribution is -2.39. The van der Waals surface area contributed by atoms with Crippen LogP contribution in [0.1, 0.15) is 60.6 Å². The molecule has 1 atom stereocenters. The second-order valence-electron chi connectivity index (χ2n) is 8.83. The summed E-state index contributed by atoms with van der Waals surface area (Å²) in [4.78, 5) is 25.7. The zero-order valence-electron chi connectivity index (χ0n) is 18.1. The highest BCUT2D eigenvalue weighted by molar-refractivity contribution is 5.97. The molecule has 1 aliphatic carbocycles. The normalized spacial score (nSPS) is 19.2. The van der Waals surface area contributed by atoms with Gasteiger partial charge in [-0.3, -0.25) is 14.9 Å². The van der Waals surface area contributed by atoms with Crippen LogP contribution in [-0.2, 0) is 4.74 Å². The van der Waals surface area contributed by atoms with Gasteiger partial charge in [0.2, 0.25) is 0 Å². The van der Waals surface area contributed by atoms with Gasteiger partial charge in [-0.15, -0.1) is 0 Å². The number of benzene rings is 2. The van der Waals surface area contributed by atoms with E-state index in [9.17, 15) is 19.3 Å². The number of hydrogen-bond donors (Lipinski definition) is 0. The lowest BCUT2D eigenvalue weighted by Gasteiger charge is -2.34. The van der Waals surface area contributed by atoms with E-state index in [0.29, 0.717) is 12.1 Å². The van der Waals surface area contributed by atoms with Gasteiger partial charge >= 0.3 is 0 Å². The number of nitro benzene ring substituents is 1. The molecule has 2 aliphatic rings. The number of Topliss-reactive ketones (excluding diaryl/α,β-unsaturated/α-hetero) is 1. The van der Waals surface area contributed by atoms with E-state index in [0.717, 1.165) is 44.3 Å². The lowest BCUT2D eigenvalue weighted by atomic mass is 9.88. The minimum atomic E-state index is -0.389. The molecule has 2 fully saturated rings. The van der Waals surface area contributed by atoms with E-state index in [-0.39, 0.29) is 40.3 Å². The summed E-state index contributed by atoms with van der Waals surface area (Å²) in [5.74, 6) is -0.306. The van der Waals surface area contributed by atoms with Crippen LogP contribution in [0.3, 0.4) is 0 Å². The Balaban J connectivity index is 1.38. The number of ketones is 1. The average Bonchev–Trinajstić information content (AvgIpc) is 3.32. The second-order valence-corrected chi connectivity index (χ2v) is 8.83. The molecule has 1 saturated carbocycles. The highest BCUT2D eigenvalue weighted by Gasteiger charge is 2.29. The molecule has 1 heterocycles. The van der Waals surface area contributed by atoms with Crippen LogP contribution in [0.2, 0.25) is 0 Å². The summed E-state index contributed by atoms with van der Waals surface area (Å²) in [5.41, 5.74) is 1.60. The standard InChI is InChI=1S/C25H29FN2O4/c26-21-9-5-19(6-10-21)25(29)20-13-15-27(16-14-20)17-24(32-23-3-1-2-4-23)18-7-11-22(12-8-18)28(30)31/h5-12,20,23-24H,1-4,13-17H2. The largest absolute Gasteiger partial charge is 0.369 e. The number of carbonyl (C=O) groups excluding carboxylic acids is 1. The van der Waals surface area contributed by atoms with Gasteiger partial charge < -0.3 is 9.64 Å². The first kappa shape index (κ1) is 22.6. The van der Waals surface area contributed by atoms with Crippen LogP contribution in [0.15, 0.2) is 48.5 Å². The van der Waals surface area contributed by atoms with Crippen molar-refractivity contribution >= 4 is 11.5 Å². The number of rotatable bonds is 8. The van der Waals surface area contributed by atoms with Crippen LogP contribution in [0.4, 0.5) is 10.1 Å². The fourth-order valence-electron chi connectivity index (χ4n) is 4.76. The van der Waals surface area contributed by atoms with Gasteiger partial charge in [0.05, 0.1) is 17.1 Å². The molecule has 0 radical (unpaired) electrons. The molecule has 4 rings (SSSR count). The minimum Gasteiger partial charge on any atom is -0.369 e. The molecular formula is C25H29FN2O4. The van der Waals surface area contributed by atoms with Gasteiger partial charge in [-0.05, 0) is 80.7 Å². The summed E-state index contributed by atoms with van der Waals surface area (Å²) >= 11 is 0. The second kappa shape index (κ2) is 10.3. The summed E-state index contributed by atoms with van der Waals surface area (Å²) in [6.07, 6.45) is 6.05. The van der Waals surface area contributed by atoms with E-state index < -0.39 is 0 Å². The third-order valence-electron chi connectivity index (χ3n) is 6.65. The SMILES string of the molecule is O=C(c1ccc(F)cc1)C1CCN(CC(OC2CCCC2)c2ccc([N+](=O)[O-])cc2)CC1. The Labute approximate surface area is 187 Å². The van der Waals surface area contributed by atoms with E-state index in [1.165, 1.54) is 37.1 Å². The smallest absolute Gasteiger partial charge is 0.269 e. The number of likely N-dealkylation sites (tertiary alicyclic amines) is 1. The third-order valence-corrected chi connectivity index (χ3v) is 6.65. The van der Waals surface area contributed by atoms with Gasteiger partial charge in [0.25, 0.3) is 5.69 Å². The van der Waals surface area contributed by atoms with Crippen molar-refractivity contribution in [3.63, 3.8) is 0 Å². The Hall–Kier alpha value is -2.64. The Morgan fingerprint density at radius 2 is 1.66 bits per heavy atom. The molecule has 2 aromatic rings. The van der Waals surface area contributed by atoms with Crippen molar-refractivity contribution in [2.45, 2.75) is 50.7 Å². The van der Waals surface area contributed by atoms with Crippen LogP contribution in [0.5, 0.6) is 0 Å². The van der Waals surface area contributed by atoms with Crippen LogP contribution >= 0.6 is 0 Å². The van der Waals surface area contributed by atoms with Crippen LogP contribution < -0.4 is 0 Å². The van der Waals surface area contributed by atoms with E-state index >= 15 is 0 Å². The monoisotopic (exact) mass is 440 g/mol. The minimum absolute atomic E-state index is 0.0507. The van der Waals surface area contributed by atoms with Gasteiger partial charge in [-0.2, -0.15) is 0 Å². The lowest BCUT2D eigenvalue weighted by molar-refractivity contribution is -0.384. The van der Waals surface area contributed by atoms with E-state index in [4.69, 9.17) is 4.74 Å². The highest BCUT2D eigenvalue weighted by atomic mass is 19.1. The molecule has 2 aromatic carbocycles. The molecule has 1 aliphatic heterocycles. The van der Waals surface area contributed by atoms with Crippen molar-refractivity contribution in [3.05, 3.63) is 75.6 Å². The molecule has 1 saturated heterocycles. The maximum absolute atomic E-state index is 13.1. The average molecular weight is 441 g/mol. The van der Waals surface area contributed by atoms with Gasteiger partial charge in [-0.25, -0.2) is 4.39 Å². The number of nitro groups is 1. The number of nitrogens with zero attached hydrogens (tertiary/aromatic N) is 2. The van der Waals surface area contributed by atoms with Crippen molar-refractivity contribution in [1.82, 2.24) is 4.90 Å². The maximum Gasteiger partial charge on any atom is 0.269 e. The first-order chi connectivity index (χ1) is 15.5. The molecule has 170 valence electrons. The molecule has 0 spiro atoms. The van der Waals surface area contributed by atoms with Crippen molar-refractivity contribution in [3.8, 4) is 0 Å². The van der Waals surface area contributed by atoms with Gasteiger partial charge in [0.15, 0.2) is 5.78 Å². The molecule has 1 unspecified atom stereocenters. The number of non-ortho nitro benzene ring substituents is 1. The fraction of sp³-hybridized carbons (Fsp3) is 0.480. The topological polar surface area (TPSA) is 72.7 Å². The Morgan fingerprint density at radius 1 is 1.03 bits per heavy atom. The first-order valence-electron chi connectivity index (χ1n) is 11.4. The van der Waals surface area contributed by atoms with E-state index in [2.05, 4.69) is 4.90 Å². The summed E-state index contributed by atoms with van der Waals surface area (Å²) < 4.78 is 19.6. The number of hydrogen-bond acceptors (Lipinski definition) is 5. The Kier molecular flexibility index (Phi) is 7.27. The molecule has 0 aromatic heterocycles. The van der Waals surface area contributed by atoms with Crippen molar-refractivity contribution in [1.29, 1.82) is 0 Å². The summed E-state index contributed by atoms with van der Waals surface area (Å²) in [6, 6.07) is 12.4. The van der Waals surface area contributed by atoms with E-state index in [1.807, 2.05) is 0 Å². The van der Waals surface area contributed by atoms with Gasteiger partial charge in [0.1, 0.15) is 5.82 Å². The molecule has 6 nitrogen and oxygen atoms in total. The number of piperidine rings is 1. The van der Waals surface area contributed by atoms with Gasteiger partial charge in [0, 0.05) is 30.2 Å². The number of ether oxygens (including phenoxy) is 1. The van der Waals surface area contributed by atoms with Crippen molar-refractivity contribution < 1.29 is 18.8 Å². The predicted octanol–water partition coefficient (Wildman–Crippen LogP) is 5.33. The Bertz CT molecular complexity index is 918. The molecule has 0 N–H and O–H groups in total. The summed E-state index contributed by atoms with van der Waals surface area (Å²) in [6.45, 7) is 2.27. The van der Waals surface area contributed by atoms with Crippen LogP contribution in [-0.4, -0.2) is 41.3 Å². The highest BCUT2D eigenvalue weighted by Crippen LogP contribution is 2.31. The molecule has 0 amide bonds. The third kappa shape index (κ3) is 5.58. The maximum atomic E-state index is 13.1. The molecule has 7 heteroatoms. The summed E-state index contributed by atoms with van der Waals surface area (Å²) in [7, 11) is 0. The van der Waals surface area contributed by atoms with Crippen LogP contribution in [0.25, 0.3) is 0 Å². The van der Waals surface area contributed by atoms with Crippen molar-refractivity contribution in [2.75, 3.05) is 19.6 Å². The molecular weight excluding hydrogens is 411 g/mol. The van der Waals surface area contributed by atoms with Crippen LogP contribution in [0, 0.1) is 21.8 Å². The molecule has 0 bridgehead atoms. The van der Waals surface area contributed by atoms with Gasteiger partial charge in [-0.1, -0.05) is 12.8 Å². The van der Waals surface area contributed by atoms with E-state index in [1.54, 1.807) is 24.3 Å². The fourth-order valence-corrected chi connectivity index (χ4v) is 4.76. The zero-order chi connectivity index (χ0) is 22.5. The number of halogens is 1. The first-order valence-corrected chi connectivity index (χ1v) is 11.4. The number of carbonyl (C=O) groups is 1. The quantitative estimate of drug-likeness (QED) is 0.315. The predicted molar refractivity (Wildman–Crippen MR) is 119 cm³/mol. The molecule has 32 heavy (non-hydrogen) atoms. The zero-order valence-corrected chi connectivity index (χ0v) is 18.1. The Morgan fingerprint density at radius 3 is 2.25 bits per heavy atom.